The van der Waals surface area contributed by atoms with E-state index in [1.54, 1.807) is 0 Å². The van der Waals surface area contributed by atoms with Crippen molar-refractivity contribution in [3.63, 3.8) is 0 Å². The Labute approximate surface area is 162 Å². The van der Waals surface area contributed by atoms with Gasteiger partial charge in [-0.25, -0.2) is 0 Å². The average Bonchev–Trinajstić information content (AvgIpc) is 2.92. The van der Waals surface area contributed by atoms with Crippen LogP contribution in [0.4, 0.5) is 0 Å². The maximum atomic E-state index is 6.18. The molecule has 2 N–H and O–H groups in total. The van der Waals surface area contributed by atoms with Crippen molar-refractivity contribution >= 4 is 33.4 Å². The molecule has 0 amide bonds. The van der Waals surface area contributed by atoms with Crippen LogP contribution in [-0.4, -0.2) is 0 Å². The molecule has 2 atom stereocenters. The van der Waals surface area contributed by atoms with Gasteiger partial charge in [-0.2, -0.15) is 0 Å². The van der Waals surface area contributed by atoms with Crippen molar-refractivity contribution in [2.24, 2.45) is 5.73 Å². The molecule has 2 unspecified atom stereocenters. The summed E-state index contributed by atoms with van der Waals surface area (Å²) in [4.78, 5) is 0. The van der Waals surface area contributed by atoms with Gasteiger partial charge in [0.1, 0.15) is 0 Å². The van der Waals surface area contributed by atoms with Crippen LogP contribution in [0, 0.1) is 0 Å². The third kappa shape index (κ3) is 2.63. The highest BCUT2D eigenvalue weighted by molar-refractivity contribution is 14.1. The van der Waals surface area contributed by atoms with Gasteiger partial charge in [0, 0.05) is 9.97 Å². The second kappa shape index (κ2) is 5.96. The molecule has 0 saturated carbocycles. The third-order valence-electron chi connectivity index (χ3n) is 5.54. The minimum Gasteiger partial charge on any atom is -0.321 e. The quantitative estimate of drug-likeness (QED) is 0.317. The second-order valence-corrected chi connectivity index (χ2v) is 8.74. The number of hydrogen-bond acceptors (Lipinski definition) is 1. The third-order valence-corrected chi connectivity index (χ3v) is 6.65. The zero-order chi connectivity index (χ0) is 17.0. The van der Waals surface area contributed by atoms with Crippen LogP contribution in [0.1, 0.15) is 43.3 Å². The molecule has 25 heavy (non-hydrogen) atoms. The number of hydrogen-bond donors (Lipinski definition) is 1. The van der Waals surface area contributed by atoms with Crippen LogP contribution in [0.3, 0.4) is 0 Å². The van der Waals surface area contributed by atoms with Gasteiger partial charge < -0.3 is 5.73 Å². The van der Waals surface area contributed by atoms with Crippen molar-refractivity contribution in [2.45, 2.75) is 29.2 Å². The van der Waals surface area contributed by atoms with E-state index in [0.29, 0.717) is 3.92 Å². The van der Waals surface area contributed by atoms with Crippen molar-refractivity contribution in [1.82, 2.24) is 0 Å². The first-order valence-electron chi connectivity index (χ1n) is 8.91. The summed E-state index contributed by atoms with van der Waals surface area (Å²) < 4.78 is 0.614. The summed E-state index contributed by atoms with van der Waals surface area (Å²) in [7, 11) is 0. The minimum absolute atomic E-state index is 0.0539. The van der Waals surface area contributed by atoms with Gasteiger partial charge in [0.2, 0.25) is 0 Å². The standard InChI is InChI=1S/C23H20IN/c24-21-13-18-12-15(11-17-4-1-5-20(21)23(17)18)9-14-7-8-19-16(10-14)3-2-6-22(19)25/h1-2,4-8,10-12,21-22H,3,9,13,25H2. The van der Waals surface area contributed by atoms with E-state index in [9.17, 15) is 0 Å². The maximum absolute atomic E-state index is 6.18. The maximum Gasteiger partial charge on any atom is 0.0484 e. The normalized spacial score (nSPS) is 20.9. The number of alkyl halides is 1. The topological polar surface area (TPSA) is 26.0 Å². The zero-order valence-electron chi connectivity index (χ0n) is 14.0. The van der Waals surface area contributed by atoms with Crippen LogP contribution in [0.2, 0.25) is 0 Å². The van der Waals surface area contributed by atoms with Crippen LogP contribution in [0.5, 0.6) is 0 Å². The van der Waals surface area contributed by atoms with Gasteiger partial charge in [0.05, 0.1) is 0 Å². The molecule has 0 spiro atoms. The summed E-state index contributed by atoms with van der Waals surface area (Å²) in [6, 6.07) is 18.4. The Morgan fingerprint density at radius 1 is 0.960 bits per heavy atom. The highest BCUT2D eigenvalue weighted by Gasteiger charge is 2.22. The number of benzene rings is 3. The lowest BCUT2D eigenvalue weighted by Gasteiger charge is -2.18. The molecule has 0 saturated heterocycles. The van der Waals surface area contributed by atoms with Crippen molar-refractivity contribution in [3.8, 4) is 0 Å². The van der Waals surface area contributed by atoms with Crippen LogP contribution >= 0.6 is 22.6 Å². The molecule has 0 radical (unpaired) electrons. The second-order valence-electron chi connectivity index (χ2n) is 7.24. The Morgan fingerprint density at radius 3 is 2.76 bits per heavy atom. The SMILES string of the molecule is NC1C=CCc2cc(Cc3cc4c5c(cccc5c3)C(I)C4)ccc21. The molecule has 5 rings (SSSR count). The lowest BCUT2D eigenvalue weighted by atomic mass is 9.90. The molecule has 2 heteroatoms. The van der Waals surface area contributed by atoms with Crippen molar-refractivity contribution in [3.05, 3.63) is 94.1 Å². The van der Waals surface area contributed by atoms with E-state index in [1.807, 2.05) is 0 Å². The van der Waals surface area contributed by atoms with Crippen LogP contribution in [0.15, 0.2) is 60.7 Å². The number of halogens is 1. The Bertz CT molecular complexity index is 1020. The first-order valence-corrected chi connectivity index (χ1v) is 10.2. The monoisotopic (exact) mass is 437 g/mol. The average molecular weight is 437 g/mol. The molecular formula is C23H20IN. The van der Waals surface area contributed by atoms with E-state index in [2.05, 4.69) is 83.3 Å². The molecule has 0 heterocycles. The van der Waals surface area contributed by atoms with E-state index in [1.165, 1.54) is 44.2 Å². The van der Waals surface area contributed by atoms with Crippen LogP contribution in [-0.2, 0) is 19.3 Å². The highest BCUT2D eigenvalue weighted by Crippen LogP contribution is 2.42. The Balaban J connectivity index is 1.53. The van der Waals surface area contributed by atoms with Crippen LogP contribution < -0.4 is 5.73 Å². The molecule has 0 bridgehead atoms. The number of allylic oxidation sites excluding steroid dienone is 1. The van der Waals surface area contributed by atoms with Crippen molar-refractivity contribution < 1.29 is 0 Å². The van der Waals surface area contributed by atoms with Crippen molar-refractivity contribution in [2.75, 3.05) is 0 Å². The van der Waals surface area contributed by atoms with E-state index < -0.39 is 0 Å². The molecular weight excluding hydrogens is 417 g/mol. The van der Waals surface area contributed by atoms with Crippen LogP contribution in [0.25, 0.3) is 10.8 Å². The molecule has 3 aromatic rings. The van der Waals surface area contributed by atoms with Gasteiger partial charge >= 0.3 is 0 Å². The highest BCUT2D eigenvalue weighted by atomic mass is 127. The van der Waals surface area contributed by atoms with E-state index in [4.69, 9.17) is 5.73 Å². The Morgan fingerprint density at radius 2 is 1.84 bits per heavy atom. The number of fused-ring (bicyclic) bond motifs is 1. The van der Waals surface area contributed by atoms with E-state index >= 15 is 0 Å². The molecule has 2 aliphatic rings. The Kier molecular flexibility index (Phi) is 3.72. The fourth-order valence-electron chi connectivity index (χ4n) is 4.40. The summed E-state index contributed by atoms with van der Waals surface area (Å²) in [5.41, 5.74) is 14.7. The first-order chi connectivity index (χ1) is 12.2. The van der Waals surface area contributed by atoms with Gasteiger partial charge in [0.15, 0.2) is 0 Å². The van der Waals surface area contributed by atoms with Crippen molar-refractivity contribution in [1.29, 1.82) is 0 Å². The summed E-state index contributed by atoms with van der Waals surface area (Å²) in [5, 5.41) is 2.89. The smallest absolute Gasteiger partial charge is 0.0484 e. The molecule has 0 aliphatic heterocycles. The first kappa shape index (κ1) is 15.6. The molecule has 0 fully saturated rings. The molecule has 2 aliphatic carbocycles. The predicted octanol–water partition coefficient (Wildman–Crippen LogP) is 5.57. The fraction of sp³-hybridized carbons (Fsp3) is 0.217. The molecule has 124 valence electrons. The van der Waals surface area contributed by atoms with E-state index in [0.717, 1.165) is 19.3 Å². The number of nitrogens with two attached hydrogens (primary N) is 1. The lowest BCUT2D eigenvalue weighted by molar-refractivity contribution is 0.861. The summed E-state index contributed by atoms with van der Waals surface area (Å²) in [5.74, 6) is 0. The van der Waals surface area contributed by atoms with E-state index in [-0.39, 0.29) is 6.04 Å². The summed E-state index contributed by atoms with van der Waals surface area (Å²) in [6.45, 7) is 0. The van der Waals surface area contributed by atoms with Gasteiger partial charge in [0.25, 0.3) is 0 Å². The summed E-state index contributed by atoms with van der Waals surface area (Å²) >= 11 is 2.58. The van der Waals surface area contributed by atoms with Gasteiger partial charge in [-0.15, -0.1) is 0 Å². The van der Waals surface area contributed by atoms with Gasteiger partial charge in [-0.3, -0.25) is 0 Å². The fourth-order valence-corrected chi connectivity index (χ4v) is 5.39. The molecule has 0 aromatic heterocycles. The summed E-state index contributed by atoms with van der Waals surface area (Å²) in [6.07, 6.45) is 7.44. The minimum atomic E-state index is 0.0539. The zero-order valence-corrected chi connectivity index (χ0v) is 16.2. The number of rotatable bonds is 2. The molecule has 1 nitrogen and oxygen atoms in total. The predicted molar refractivity (Wildman–Crippen MR) is 113 cm³/mol. The van der Waals surface area contributed by atoms with Gasteiger partial charge in [-0.05, 0) is 63.4 Å². The molecule has 3 aromatic carbocycles. The lowest BCUT2D eigenvalue weighted by Crippen LogP contribution is -2.13. The largest absolute Gasteiger partial charge is 0.321 e. The Hall–Kier alpha value is -1.65. The van der Waals surface area contributed by atoms with Gasteiger partial charge in [-0.1, -0.05) is 83.3 Å².